The van der Waals surface area contributed by atoms with E-state index < -0.39 is 0 Å². The average Bonchev–Trinajstić information content (AvgIpc) is 2.92. The maximum absolute atomic E-state index is 3.73. The fraction of sp³-hybridized carbons (Fsp3) is 0.789. The SMILES string of the molecule is CCCCC(CC)Cn1cc2c(c1)C(NCCC)CCC2. The fourth-order valence-corrected chi connectivity index (χ4v) is 3.60. The molecule has 0 amide bonds. The quantitative estimate of drug-likeness (QED) is 0.671. The Kier molecular flexibility index (Phi) is 6.82. The zero-order chi connectivity index (χ0) is 15.1. The first kappa shape index (κ1) is 16.6. The van der Waals surface area contributed by atoms with E-state index in [0.717, 1.165) is 12.5 Å². The molecular weight excluding hydrogens is 256 g/mol. The second-order valence-electron chi connectivity index (χ2n) is 6.75. The first-order chi connectivity index (χ1) is 10.3. The molecule has 0 saturated heterocycles. The van der Waals surface area contributed by atoms with Crippen molar-refractivity contribution in [1.82, 2.24) is 9.88 Å². The fourth-order valence-electron chi connectivity index (χ4n) is 3.60. The molecule has 1 aromatic heterocycles. The Bertz CT molecular complexity index is 408. The van der Waals surface area contributed by atoms with E-state index in [-0.39, 0.29) is 0 Å². The maximum atomic E-state index is 3.73. The van der Waals surface area contributed by atoms with Crippen molar-refractivity contribution in [3.63, 3.8) is 0 Å². The molecule has 2 rings (SSSR count). The van der Waals surface area contributed by atoms with Crippen molar-refractivity contribution in [2.45, 2.75) is 84.7 Å². The van der Waals surface area contributed by atoms with E-state index in [9.17, 15) is 0 Å². The molecule has 1 aliphatic carbocycles. The Labute approximate surface area is 131 Å². The average molecular weight is 290 g/mol. The second kappa shape index (κ2) is 8.63. The molecule has 0 saturated carbocycles. The zero-order valence-corrected chi connectivity index (χ0v) is 14.3. The molecule has 0 aromatic carbocycles. The van der Waals surface area contributed by atoms with E-state index in [2.05, 4.69) is 43.0 Å². The first-order valence-electron chi connectivity index (χ1n) is 9.20. The number of nitrogens with zero attached hydrogens (tertiary/aromatic N) is 1. The number of nitrogens with one attached hydrogen (secondary N) is 1. The van der Waals surface area contributed by atoms with Crippen LogP contribution in [0.4, 0.5) is 0 Å². The van der Waals surface area contributed by atoms with Gasteiger partial charge in [0.05, 0.1) is 0 Å². The van der Waals surface area contributed by atoms with Crippen LogP contribution in [-0.4, -0.2) is 11.1 Å². The molecule has 2 heteroatoms. The van der Waals surface area contributed by atoms with E-state index >= 15 is 0 Å². The van der Waals surface area contributed by atoms with Gasteiger partial charge in [-0.3, -0.25) is 0 Å². The predicted molar refractivity (Wildman–Crippen MR) is 91.7 cm³/mol. The summed E-state index contributed by atoms with van der Waals surface area (Å²) in [6.45, 7) is 9.25. The summed E-state index contributed by atoms with van der Waals surface area (Å²) in [5.41, 5.74) is 3.18. The number of hydrogen-bond acceptors (Lipinski definition) is 1. The topological polar surface area (TPSA) is 17.0 Å². The predicted octanol–water partition coefficient (Wildman–Crippen LogP) is 5.08. The van der Waals surface area contributed by atoms with Crippen LogP contribution in [0.25, 0.3) is 0 Å². The molecule has 0 spiro atoms. The molecule has 0 radical (unpaired) electrons. The largest absolute Gasteiger partial charge is 0.353 e. The molecule has 1 heterocycles. The van der Waals surface area contributed by atoms with Crippen molar-refractivity contribution in [2.24, 2.45) is 5.92 Å². The van der Waals surface area contributed by atoms with Gasteiger partial charge < -0.3 is 9.88 Å². The van der Waals surface area contributed by atoms with Crippen LogP contribution >= 0.6 is 0 Å². The summed E-state index contributed by atoms with van der Waals surface area (Å²) in [6.07, 6.45) is 15.4. The summed E-state index contributed by atoms with van der Waals surface area (Å²) >= 11 is 0. The van der Waals surface area contributed by atoms with Gasteiger partial charge in [-0.1, -0.05) is 40.0 Å². The molecule has 1 N–H and O–H groups in total. The third-order valence-electron chi connectivity index (χ3n) is 4.96. The molecule has 0 bridgehead atoms. The standard InChI is InChI=1S/C19H34N2/c1-4-7-9-16(6-3)13-21-14-17-10-8-11-19(18(17)15-21)20-12-5-2/h14-16,19-20H,4-13H2,1-3H3. The molecule has 2 nitrogen and oxygen atoms in total. The number of rotatable bonds is 9. The summed E-state index contributed by atoms with van der Waals surface area (Å²) in [6, 6.07) is 0.602. The van der Waals surface area contributed by atoms with Crippen molar-refractivity contribution in [3.05, 3.63) is 23.5 Å². The number of aryl methyl sites for hydroxylation is 1. The number of fused-ring (bicyclic) bond motifs is 1. The van der Waals surface area contributed by atoms with Crippen molar-refractivity contribution in [1.29, 1.82) is 0 Å². The smallest absolute Gasteiger partial charge is 0.0338 e. The van der Waals surface area contributed by atoms with Crippen LogP contribution < -0.4 is 5.32 Å². The third-order valence-corrected chi connectivity index (χ3v) is 4.96. The van der Waals surface area contributed by atoms with Crippen LogP contribution in [0.5, 0.6) is 0 Å². The highest BCUT2D eigenvalue weighted by molar-refractivity contribution is 5.30. The van der Waals surface area contributed by atoms with Gasteiger partial charge in [0.2, 0.25) is 0 Å². The molecule has 1 aliphatic rings. The monoisotopic (exact) mass is 290 g/mol. The zero-order valence-electron chi connectivity index (χ0n) is 14.3. The number of aromatic nitrogens is 1. The molecular formula is C19H34N2. The summed E-state index contributed by atoms with van der Waals surface area (Å²) in [5.74, 6) is 0.848. The lowest BCUT2D eigenvalue weighted by Gasteiger charge is -2.23. The highest BCUT2D eigenvalue weighted by Gasteiger charge is 2.21. The van der Waals surface area contributed by atoms with Crippen LogP contribution in [0.2, 0.25) is 0 Å². The summed E-state index contributed by atoms with van der Waals surface area (Å²) < 4.78 is 2.49. The van der Waals surface area contributed by atoms with Crippen molar-refractivity contribution in [3.8, 4) is 0 Å². The van der Waals surface area contributed by atoms with Crippen LogP contribution in [0, 0.1) is 5.92 Å². The molecule has 0 aliphatic heterocycles. The van der Waals surface area contributed by atoms with Gasteiger partial charge in [-0.15, -0.1) is 0 Å². The molecule has 0 fully saturated rings. The van der Waals surface area contributed by atoms with Gasteiger partial charge in [0, 0.05) is 25.0 Å². The van der Waals surface area contributed by atoms with Crippen LogP contribution in [0.1, 0.15) is 82.9 Å². The molecule has 21 heavy (non-hydrogen) atoms. The Balaban J connectivity index is 2.00. The van der Waals surface area contributed by atoms with Gasteiger partial charge in [0.15, 0.2) is 0 Å². The Morgan fingerprint density at radius 2 is 2.10 bits per heavy atom. The van der Waals surface area contributed by atoms with Crippen molar-refractivity contribution < 1.29 is 0 Å². The minimum absolute atomic E-state index is 0.602. The Morgan fingerprint density at radius 1 is 1.24 bits per heavy atom. The lowest BCUT2D eigenvalue weighted by Crippen LogP contribution is -2.24. The molecule has 2 atom stereocenters. The normalized spacial score (nSPS) is 19.5. The third kappa shape index (κ3) is 4.60. The second-order valence-corrected chi connectivity index (χ2v) is 6.75. The van der Waals surface area contributed by atoms with E-state index in [1.165, 1.54) is 57.9 Å². The molecule has 1 aromatic rings. The van der Waals surface area contributed by atoms with E-state index in [1.54, 1.807) is 11.1 Å². The summed E-state index contributed by atoms with van der Waals surface area (Å²) in [7, 11) is 0. The van der Waals surface area contributed by atoms with Gasteiger partial charge in [0.25, 0.3) is 0 Å². The van der Waals surface area contributed by atoms with Gasteiger partial charge in [-0.05, 0) is 55.7 Å². The highest BCUT2D eigenvalue weighted by Crippen LogP contribution is 2.31. The van der Waals surface area contributed by atoms with Crippen LogP contribution in [0.3, 0.4) is 0 Å². The van der Waals surface area contributed by atoms with E-state index in [4.69, 9.17) is 0 Å². The first-order valence-corrected chi connectivity index (χ1v) is 9.20. The van der Waals surface area contributed by atoms with Crippen LogP contribution in [0.15, 0.2) is 12.4 Å². The van der Waals surface area contributed by atoms with Crippen molar-refractivity contribution >= 4 is 0 Å². The van der Waals surface area contributed by atoms with Gasteiger partial charge in [-0.2, -0.15) is 0 Å². The number of hydrogen-bond donors (Lipinski definition) is 1. The van der Waals surface area contributed by atoms with Crippen LogP contribution in [-0.2, 0) is 13.0 Å². The minimum Gasteiger partial charge on any atom is -0.353 e. The highest BCUT2D eigenvalue weighted by atomic mass is 15.0. The Hall–Kier alpha value is -0.760. The number of unbranched alkanes of at least 4 members (excludes halogenated alkanes) is 1. The molecule has 120 valence electrons. The lowest BCUT2D eigenvalue weighted by atomic mass is 9.91. The summed E-state index contributed by atoms with van der Waals surface area (Å²) in [5, 5.41) is 3.73. The van der Waals surface area contributed by atoms with Gasteiger partial charge in [-0.25, -0.2) is 0 Å². The Morgan fingerprint density at radius 3 is 2.81 bits per heavy atom. The van der Waals surface area contributed by atoms with E-state index in [0.29, 0.717) is 6.04 Å². The maximum Gasteiger partial charge on any atom is 0.0338 e. The lowest BCUT2D eigenvalue weighted by molar-refractivity contribution is 0.390. The van der Waals surface area contributed by atoms with Gasteiger partial charge in [0.1, 0.15) is 0 Å². The summed E-state index contributed by atoms with van der Waals surface area (Å²) in [4.78, 5) is 0. The minimum atomic E-state index is 0.602. The molecule has 2 unspecified atom stereocenters. The van der Waals surface area contributed by atoms with Crippen molar-refractivity contribution in [2.75, 3.05) is 6.54 Å². The van der Waals surface area contributed by atoms with Gasteiger partial charge >= 0.3 is 0 Å². The van der Waals surface area contributed by atoms with E-state index in [1.807, 2.05) is 0 Å².